The normalized spacial score (nSPS) is 11.4. The maximum atomic E-state index is 11.7. The summed E-state index contributed by atoms with van der Waals surface area (Å²) in [6, 6.07) is 3.79. The van der Waals surface area contributed by atoms with Gasteiger partial charge >= 0.3 is 6.09 Å². The molecule has 0 saturated heterocycles. The average molecular weight is 347 g/mol. The number of nitrogens with one attached hydrogen (secondary N) is 1. The van der Waals surface area contributed by atoms with Crippen LogP contribution in [-0.2, 0) is 11.3 Å². The van der Waals surface area contributed by atoms with Gasteiger partial charge < -0.3 is 19.4 Å². The van der Waals surface area contributed by atoms with Gasteiger partial charge in [0.05, 0.1) is 6.54 Å². The molecular weight excluding hydrogens is 324 g/mol. The third-order valence-corrected chi connectivity index (χ3v) is 2.91. The number of hydrogen-bond donors (Lipinski definition) is 1. The van der Waals surface area contributed by atoms with Crippen LogP contribution < -0.4 is 5.32 Å². The second kappa shape index (κ2) is 7.69. The lowest BCUT2D eigenvalue weighted by Gasteiger charge is -2.24. The summed E-state index contributed by atoms with van der Waals surface area (Å²) >= 11 is 3.26. The first kappa shape index (κ1) is 17.0. The van der Waals surface area contributed by atoms with E-state index in [1.165, 1.54) is 0 Å². The van der Waals surface area contributed by atoms with Gasteiger partial charge in [0.15, 0.2) is 4.67 Å². The number of amides is 1. The zero-order chi connectivity index (χ0) is 15.2. The monoisotopic (exact) mass is 346 g/mol. The molecule has 0 atom stereocenters. The van der Waals surface area contributed by atoms with Crippen molar-refractivity contribution >= 4 is 22.0 Å². The molecule has 0 spiro atoms. The molecule has 0 unspecified atom stereocenters. The summed E-state index contributed by atoms with van der Waals surface area (Å²) in [5.41, 5.74) is -0.448. The van der Waals surface area contributed by atoms with E-state index in [9.17, 15) is 4.79 Å². The van der Waals surface area contributed by atoms with Gasteiger partial charge in [0.2, 0.25) is 0 Å². The van der Waals surface area contributed by atoms with Crippen LogP contribution >= 0.6 is 15.9 Å². The van der Waals surface area contributed by atoms with E-state index in [0.717, 1.165) is 23.4 Å². The largest absolute Gasteiger partial charge is 0.453 e. The highest BCUT2D eigenvalue weighted by atomic mass is 79.9. The van der Waals surface area contributed by atoms with Crippen LogP contribution in [0.5, 0.6) is 0 Å². The van der Waals surface area contributed by atoms with Crippen molar-refractivity contribution in [1.82, 2.24) is 10.2 Å². The van der Waals surface area contributed by atoms with E-state index in [1.807, 2.05) is 32.9 Å². The highest BCUT2D eigenvalue weighted by molar-refractivity contribution is 9.10. The number of furan rings is 1. The van der Waals surface area contributed by atoms with E-state index >= 15 is 0 Å². The molecular formula is C14H23BrN2O3. The Balaban J connectivity index is 2.13. The van der Waals surface area contributed by atoms with Crippen LogP contribution in [-0.4, -0.2) is 36.7 Å². The van der Waals surface area contributed by atoms with Crippen molar-refractivity contribution < 1.29 is 13.9 Å². The van der Waals surface area contributed by atoms with Gasteiger partial charge in [-0.25, -0.2) is 4.79 Å². The van der Waals surface area contributed by atoms with Crippen molar-refractivity contribution in [2.75, 3.05) is 20.1 Å². The van der Waals surface area contributed by atoms with E-state index in [4.69, 9.17) is 9.15 Å². The van der Waals surface area contributed by atoms with Gasteiger partial charge in [0.25, 0.3) is 0 Å². The van der Waals surface area contributed by atoms with Gasteiger partial charge in [-0.05, 0) is 61.8 Å². The lowest BCUT2D eigenvalue weighted by molar-refractivity contribution is 0.0297. The molecule has 1 N–H and O–H groups in total. The molecule has 0 radical (unpaired) electrons. The SMILES string of the molecule is CN(CCCNCc1ccc(Br)o1)C(=O)OC(C)(C)C. The minimum absolute atomic E-state index is 0.285. The Hall–Kier alpha value is -1.01. The van der Waals surface area contributed by atoms with E-state index in [1.54, 1.807) is 11.9 Å². The van der Waals surface area contributed by atoms with Crippen LogP contribution in [0.3, 0.4) is 0 Å². The predicted octanol–water partition coefficient (Wildman–Crippen LogP) is 3.39. The molecule has 5 nitrogen and oxygen atoms in total. The molecule has 114 valence electrons. The van der Waals surface area contributed by atoms with E-state index < -0.39 is 5.60 Å². The molecule has 1 aromatic heterocycles. The smallest absolute Gasteiger partial charge is 0.410 e. The molecule has 0 saturated carbocycles. The number of rotatable bonds is 6. The van der Waals surface area contributed by atoms with E-state index in [2.05, 4.69) is 21.2 Å². The van der Waals surface area contributed by atoms with Crippen molar-refractivity contribution in [3.8, 4) is 0 Å². The zero-order valence-corrected chi connectivity index (χ0v) is 14.1. The fourth-order valence-electron chi connectivity index (χ4n) is 1.53. The fourth-order valence-corrected chi connectivity index (χ4v) is 1.87. The van der Waals surface area contributed by atoms with Gasteiger partial charge in [-0.2, -0.15) is 0 Å². The Bertz CT molecular complexity index is 426. The summed E-state index contributed by atoms with van der Waals surface area (Å²) in [6.45, 7) is 7.74. The minimum atomic E-state index is -0.448. The Morgan fingerprint density at radius 3 is 2.70 bits per heavy atom. The lowest BCUT2D eigenvalue weighted by atomic mass is 10.2. The lowest BCUT2D eigenvalue weighted by Crippen LogP contribution is -2.35. The van der Waals surface area contributed by atoms with Crippen molar-refractivity contribution in [1.29, 1.82) is 0 Å². The average Bonchev–Trinajstić information content (AvgIpc) is 2.72. The highest BCUT2D eigenvalue weighted by Gasteiger charge is 2.18. The van der Waals surface area contributed by atoms with Crippen molar-refractivity contribution in [3.05, 3.63) is 22.6 Å². The maximum Gasteiger partial charge on any atom is 0.410 e. The number of carbonyl (C=O) groups is 1. The fraction of sp³-hybridized carbons (Fsp3) is 0.643. The molecule has 0 bridgehead atoms. The Kier molecular flexibility index (Phi) is 6.55. The molecule has 1 heterocycles. The summed E-state index contributed by atoms with van der Waals surface area (Å²) in [6.07, 6.45) is 0.574. The molecule has 0 aliphatic rings. The molecule has 0 aromatic carbocycles. The van der Waals surface area contributed by atoms with Crippen LogP contribution in [0, 0.1) is 0 Å². The zero-order valence-electron chi connectivity index (χ0n) is 12.5. The minimum Gasteiger partial charge on any atom is -0.453 e. The maximum absolute atomic E-state index is 11.7. The van der Waals surface area contributed by atoms with E-state index in [0.29, 0.717) is 13.1 Å². The molecule has 6 heteroatoms. The summed E-state index contributed by atoms with van der Waals surface area (Å²) < 4.78 is 11.4. The first-order chi connectivity index (χ1) is 9.28. The molecule has 1 rings (SSSR count). The second-order valence-corrected chi connectivity index (χ2v) is 6.42. The van der Waals surface area contributed by atoms with Crippen LogP contribution in [0.4, 0.5) is 4.79 Å². The predicted molar refractivity (Wildman–Crippen MR) is 81.6 cm³/mol. The number of ether oxygens (including phenoxy) is 1. The van der Waals surface area contributed by atoms with Gasteiger partial charge in [-0.1, -0.05) is 0 Å². The number of nitrogens with zero attached hydrogens (tertiary/aromatic N) is 1. The molecule has 0 aliphatic heterocycles. The summed E-state index contributed by atoms with van der Waals surface area (Å²) in [5, 5.41) is 3.26. The second-order valence-electron chi connectivity index (χ2n) is 5.64. The van der Waals surface area contributed by atoms with Crippen LogP contribution in [0.25, 0.3) is 0 Å². The Morgan fingerprint density at radius 2 is 2.15 bits per heavy atom. The Labute approximate surface area is 128 Å². The van der Waals surface area contributed by atoms with Gasteiger partial charge in [-0.3, -0.25) is 0 Å². The van der Waals surface area contributed by atoms with Crippen molar-refractivity contribution in [2.24, 2.45) is 0 Å². The molecule has 0 fully saturated rings. The summed E-state index contributed by atoms with van der Waals surface area (Å²) in [7, 11) is 1.75. The number of hydrogen-bond acceptors (Lipinski definition) is 4. The Morgan fingerprint density at radius 1 is 1.45 bits per heavy atom. The quantitative estimate of drug-likeness (QED) is 0.802. The summed E-state index contributed by atoms with van der Waals surface area (Å²) in [4.78, 5) is 13.3. The van der Waals surface area contributed by atoms with Crippen LogP contribution in [0.1, 0.15) is 33.0 Å². The first-order valence-corrected chi connectivity index (χ1v) is 7.46. The van der Waals surface area contributed by atoms with Gasteiger partial charge in [-0.15, -0.1) is 0 Å². The van der Waals surface area contributed by atoms with Crippen molar-refractivity contribution in [3.63, 3.8) is 0 Å². The third kappa shape index (κ3) is 6.96. The van der Waals surface area contributed by atoms with Gasteiger partial charge in [0, 0.05) is 13.6 Å². The molecule has 1 aromatic rings. The first-order valence-electron chi connectivity index (χ1n) is 6.67. The van der Waals surface area contributed by atoms with Crippen molar-refractivity contribution in [2.45, 2.75) is 39.3 Å². The third-order valence-electron chi connectivity index (χ3n) is 2.48. The summed E-state index contributed by atoms with van der Waals surface area (Å²) in [5.74, 6) is 0.886. The standard InChI is InChI=1S/C14H23BrN2O3/c1-14(2,3)20-13(18)17(4)9-5-8-16-10-11-6-7-12(15)19-11/h6-7,16H,5,8-10H2,1-4H3. The topological polar surface area (TPSA) is 54.7 Å². The molecule has 1 amide bonds. The number of halogens is 1. The highest BCUT2D eigenvalue weighted by Crippen LogP contribution is 2.13. The molecule has 0 aliphatic carbocycles. The van der Waals surface area contributed by atoms with E-state index in [-0.39, 0.29) is 6.09 Å². The number of carbonyl (C=O) groups excluding carboxylic acids is 1. The van der Waals surface area contributed by atoms with Crippen LogP contribution in [0.15, 0.2) is 21.2 Å². The molecule has 20 heavy (non-hydrogen) atoms. The van der Waals surface area contributed by atoms with Gasteiger partial charge in [0.1, 0.15) is 11.4 Å². The van der Waals surface area contributed by atoms with Crippen LogP contribution in [0.2, 0.25) is 0 Å².